The quantitative estimate of drug-likeness (QED) is 0.689. The van der Waals surface area contributed by atoms with E-state index in [1.54, 1.807) is 53.9 Å². The van der Waals surface area contributed by atoms with E-state index in [1.807, 2.05) is 0 Å². The topological polar surface area (TPSA) is 68.8 Å². The van der Waals surface area contributed by atoms with Gasteiger partial charge in [-0.3, -0.25) is 0 Å². The third kappa shape index (κ3) is 2.97. The van der Waals surface area contributed by atoms with Crippen molar-refractivity contribution in [2.24, 2.45) is 0 Å². The summed E-state index contributed by atoms with van der Waals surface area (Å²) in [5.41, 5.74) is -1.07. The summed E-state index contributed by atoms with van der Waals surface area (Å²) in [5.74, 6) is -1.38. The number of thiophene rings is 1. The summed E-state index contributed by atoms with van der Waals surface area (Å²) in [6.07, 6.45) is 0. The Balaban J connectivity index is 2.27. The van der Waals surface area contributed by atoms with E-state index in [1.165, 1.54) is 18.4 Å². The van der Waals surface area contributed by atoms with E-state index in [2.05, 4.69) is 5.32 Å². The van der Waals surface area contributed by atoms with Crippen LogP contribution in [-0.4, -0.2) is 7.11 Å². The number of methoxy groups -OCH3 is 1. The minimum Gasteiger partial charge on any atom is -0.497 e. The number of ether oxygens (including phenoxy) is 1. The molecule has 7 heteroatoms. The van der Waals surface area contributed by atoms with Crippen LogP contribution in [0.4, 0.5) is 20.2 Å². The van der Waals surface area contributed by atoms with Gasteiger partial charge >= 0.3 is 0 Å². The Kier molecular flexibility index (Phi) is 4.83. The predicted octanol–water partition coefficient (Wildman–Crippen LogP) is 5.19. The van der Waals surface area contributed by atoms with Gasteiger partial charge in [-0.15, -0.1) is 11.3 Å². The zero-order chi connectivity index (χ0) is 18.7. The smallest absolute Gasteiger partial charge is 0.166 e. The van der Waals surface area contributed by atoms with E-state index in [-0.39, 0.29) is 11.3 Å². The molecule has 26 heavy (non-hydrogen) atoms. The monoisotopic (exact) mass is 367 g/mol. The molecule has 0 saturated heterocycles. The van der Waals surface area contributed by atoms with Gasteiger partial charge in [0.1, 0.15) is 29.0 Å². The van der Waals surface area contributed by atoms with Crippen LogP contribution in [0.15, 0.2) is 41.8 Å². The van der Waals surface area contributed by atoms with Gasteiger partial charge in [-0.1, -0.05) is 12.1 Å². The second kappa shape index (κ2) is 7.22. The highest BCUT2D eigenvalue weighted by atomic mass is 32.1. The highest BCUT2D eigenvalue weighted by Crippen LogP contribution is 2.40. The van der Waals surface area contributed by atoms with Crippen molar-refractivity contribution in [2.45, 2.75) is 0 Å². The molecule has 0 spiro atoms. The number of anilines is 2. The molecular weight excluding hydrogens is 356 g/mol. The number of rotatable bonds is 4. The Hall–Kier alpha value is -3.42. The number of nitrogens with zero attached hydrogens (tertiary/aromatic N) is 2. The summed E-state index contributed by atoms with van der Waals surface area (Å²) < 4.78 is 35.1. The molecule has 128 valence electrons. The van der Waals surface area contributed by atoms with Crippen LogP contribution in [0.2, 0.25) is 0 Å². The van der Waals surface area contributed by atoms with E-state index < -0.39 is 22.8 Å². The predicted molar refractivity (Wildman–Crippen MR) is 95.4 cm³/mol. The molecule has 0 bridgehead atoms. The molecule has 0 aliphatic heterocycles. The molecule has 3 aromatic rings. The lowest BCUT2D eigenvalue weighted by atomic mass is 9.99. The van der Waals surface area contributed by atoms with Crippen molar-refractivity contribution in [3.63, 3.8) is 0 Å². The Morgan fingerprint density at radius 3 is 2.38 bits per heavy atom. The maximum absolute atomic E-state index is 15.0. The van der Waals surface area contributed by atoms with E-state index in [9.17, 15) is 19.3 Å². The third-order valence-corrected chi connectivity index (χ3v) is 4.60. The lowest BCUT2D eigenvalue weighted by Gasteiger charge is -2.16. The van der Waals surface area contributed by atoms with Crippen LogP contribution >= 0.6 is 11.3 Å². The minimum absolute atomic E-state index is 0.0872. The summed E-state index contributed by atoms with van der Waals surface area (Å²) in [5, 5.41) is 22.9. The van der Waals surface area contributed by atoms with Crippen molar-refractivity contribution in [3.05, 3.63) is 64.5 Å². The molecule has 0 radical (unpaired) electrons. The number of hydrogen-bond donors (Lipinski definition) is 1. The summed E-state index contributed by atoms with van der Waals surface area (Å²) in [6.45, 7) is 0. The van der Waals surface area contributed by atoms with Crippen LogP contribution < -0.4 is 10.1 Å². The van der Waals surface area contributed by atoms with Crippen LogP contribution in [0.1, 0.15) is 11.1 Å². The van der Waals surface area contributed by atoms with Crippen LogP contribution in [0, 0.1) is 34.3 Å². The Morgan fingerprint density at radius 2 is 1.77 bits per heavy atom. The molecule has 0 atom stereocenters. The number of nitriles is 2. The minimum atomic E-state index is -0.975. The summed E-state index contributed by atoms with van der Waals surface area (Å²) in [6, 6.07) is 13.1. The van der Waals surface area contributed by atoms with Crippen molar-refractivity contribution < 1.29 is 13.5 Å². The molecule has 4 nitrogen and oxygen atoms in total. The van der Waals surface area contributed by atoms with Crippen molar-refractivity contribution in [1.29, 1.82) is 10.5 Å². The average molecular weight is 367 g/mol. The highest BCUT2D eigenvalue weighted by Gasteiger charge is 2.26. The molecule has 2 aromatic carbocycles. The van der Waals surface area contributed by atoms with E-state index in [0.717, 1.165) is 0 Å². The standard InChI is InChI=1S/C19H11F2N3OS/c1-25-12-5-2-4-11(8-12)24-19-16(15-6-3-7-26-15)17(20)13(9-22)14(10-23)18(19)21/h2-8,24H,1H3. The fourth-order valence-electron chi connectivity index (χ4n) is 2.51. The largest absolute Gasteiger partial charge is 0.497 e. The summed E-state index contributed by atoms with van der Waals surface area (Å²) in [7, 11) is 1.49. The van der Waals surface area contributed by atoms with Crippen molar-refractivity contribution in [1.82, 2.24) is 0 Å². The molecule has 0 saturated carbocycles. The third-order valence-electron chi connectivity index (χ3n) is 3.71. The molecule has 0 aliphatic rings. The van der Waals surface area contributed by atoms with Crippen LogP contribution in [-0.2, 0) is 0 Å². The Bertz CT molecular complexity index is 1050. The van der Waals surface area contributed by atoms with Gasteiger partial charge in [0.2, 0.25) is 0 Å². The maximum atomic E-state index is 15.0. The molecule has 0 fully saturated rings. The first kappa shape index (κ1) is 17.4. The summed E-state index contributed by atoms with van der Waals surface area (Å²) in [4.78, 5) is 0.438. The van der Waals surface area contributed by atoms with Crippen LogP contribution in [0.5, 0.6) is 5.75 Å². The Morgan fingerprint density at radius 1 is 1.04 bits per heavy atom. The van der Waals surface area contributed by atoms with Gasteiger partial charge in [-0.2, -0.15) is 10.5 Å². The normalized spacial score (nSPS) is 10.0. The van der Waals surface area contributed by atoms with Crippen molar-refractivity contribution in [2.75, 3.05) is 12.4 Å². The molecule has 0 amide bonds. The van der Waals surface area contributed by atoms with Crippen LogP contribution in [0.25, 0.3) is 10.4 Å². The second-order valence-electron chi connectivity index (χ2n) is 5.19. The second-order valence-corrected chi connectivity index (χ2v) is 6.13. The van der Waals surface area contributed by atoms with E-state index >= 15 is 0 Å². The molecule has 0 unspecified atom stereocenters. The SMILES string of the molecule is COc1cccc(Nc2c(F)c(C#N)c(C#N)c(F)c2-c2cccs2)c1. The Labute approximate surface area is 152 Å². The van der Waals surface area contributed by atoms with E-state index in [4.69, 9.17) is 4.74 Å². The van der Waals surface area contributed by atoms with Gasteiger partial charge in [-0.05, 0) is 23.6 Å². The first-order valence-electron chi connectivity index (χ1n) is 7.40. The average Bonchev–Trinajstić information content (AvgIpc) is 3.18. The number of nitrogens with one attached hydrogen (secondary N) is 1. The van der Waals surface area contributed by atoms with Gasteiger partial charge in [0.05, 0.1) is 18.4 Å². The number of halogens is 2. The molecule has 1 N–H and O–H groups in total. The fraction of sp³-hybridized carbons (Fsp3) is 0.0526. The lowest BCUT2D eigenvalue weighted by molar-refractivity contribution is 0.415. The molecule has 3 rings (SSSR count). The van der Waals surface area contributed by atoms with Crippen molar-refractivity contribution in [3.8, 4) is 28.3 Å². The highest BCUT2D eigenvalue weighted by molar-refractivity contribution is 7.13. The van der Waals surface area contributed by atoms with Crippen LogP contribution in [0.3, 0.4) is 0 Å². The van der Waals surface area contributed by atoms with Gasteiger partial charge in [0.15, 0.2) is 11.6 Å². The summed E-state index contributed by atoms with van der Waals surface area (Å²) >= 11 is 1.20. The van der Waals surface area contributed by atoms with Gasteiger partial charge < -0.3 is 10.1 Å². The zero-order valence-electron chi connectivity index (χ0n) is 13.5. The first-order valence-corrected chi connectivity index (χ1v) is 8.28. The zero-order valence-corrected chi connectivity index (χ0v) is 14.3. The molecule has 1 heterocycles. The van der Waals surface area contributed by atoms with E-state index in [0.29, 0.717) is 16.3 Å². The van der Waals surface area contributed by atoms with Crippen molar-refractivity contribution >= 4 is 22.7 Å². The van der Waals surface area contributed by atoms with Gasteiger partial charge in [0, 0.05) is 16.6 Å². The maximum Gasteiger partial charge on any atom is 0.166 e. The van der Waals surface area contributed by atoms with Gasteiger partial charge in [0.25, 0.3) is 0 Å². The number of benzene rings is 2. The number of hydrogen-bond acceptors (Lipinski definition) is 5. The van der Waals surface area contributed by atoms with Gasteiger partial charge in [-0.25, -0.2) is 8.78 Å². The fourth-order valence-corrected chi connectivity index (χ4v) is 3.28. The molecular formula is C19H11F2N3OS. The molecule has 1 aromatic heterocycles. The first-order chi connectivity index (χ1) is 12.6. The molecule has 0 aliphatic carbocycles. The lowest BCUT2D eigenvalue weighted by Crippen LogP contribution is -2.05.